The van der Waals surface area contributed by atoms with Crippen molar-refractivity contribution in [3.63, 3.8) is 0 Å². The van der Waals surface area contributed by atoms with E-state index in [2.05, 4.69) is 36.5 Å². The van der Waals surface area contributed by atoms with Crippen LogP contribution in [-0.4, -0.2) is 35.8 Å². The Morgan fingerprint density at radius 2 is 1.75 bits per heavy atom. The van der Waals surface area contributed by atoms with Gasteiger partial charge in [0.25, 0.3) is 0 Å². The smallest absolute Gasteiger partial charge is 0.225 e. The first kappa shape index (κ1) is 17.0. The second kappa shape index (κ2) is 7.82. The number of likely N-dealkylation sites (tertiary alicyclic amines) is 1. The van der Waals surface area contributed by atoms with Crippen molar-refractivity contribution >= 4 is 11.8 Å². The number of aryl methyl sites for hydroxylation is 2. The molecule has 0 bridgehead atoms. The average molecular weight is 328 g/mol. The van der Waals surface area contributed by atoms with Crippen LogP contribution in [0.15, 0.2) is 24.3 Å². The molecule has 1 aromatic rings. The summed E-state index contributed by atoms with van der Waals surface area (Å²) in [5.74, 6) is 0.746. The highest BCUT2D eigenvalue weighted by molar-refractivity contribution is 5.80. The molecule has 3 rings (SSSR count). The number of hydrogen-bond acceptors (Lipinski definition) is 2. The van der Waals surface area contributed by atoms with E-state index >= 15 is 0 Å². The maximum absolute atomic E-state index is 12.2. The van der Waals surface area contributed by atoms with Gasteiger partial charge in [-0.25, -0.2) is 0 Å². The number of piperidine rings is 1. The second-order valence-electron chi connectivity index (χ2n) is 7.28. The Balaban J connectivity index is 1.36. The minimum absolute atomic E-state index is 0.124. The number of rotatable bonds is 5. The van der Waals surface area contributed by atoms with Crippen LogP contribution < -0.4 is 5.32 Å². The van der Waals surface area contributed by atoms with E-state index in [1.807, 2.05) is 4.90 Å². The van der Waals surface area contributed by atoms with Crippen molar-refractivity contribution in [1.29, 1.82) is 0 Å². The summed E-state index contributed by atoms with van der Waals surface area (Å²) in [6.07, 6.45) is 6.41. The van der Waals surface area contributed by atoms with Crippen LogP contribution in [-0.2, 0) is 16.0 Å². The monoisotopic (exact) mass is 328 g/mol. The van der Waals surface area contributed by atoms with Gasteiger partial charge in [-0.3, -0.25) is 9.59 Å². The molecule has 2 aliphatic rings. The molecule has 0 spiro atoms. The molecule has 1 aliphatic carbocycles. The topological polar surface area (TPSA) is 49.4 Å². The van der Waals surface area contributed by atoms with Crippen molar-refractivity contribution in [1.82, 2.24) is 10.2 Å². The van der Waals surface area contributed by atoms with Gasteiger partial charge in [-0.1, -0.05) is 36.2 Å². The highest BCUT2D eigenvalue weighted by Gasteiger charge is 2.31. The number of benzene rings is 1. The Bertz CT molecular complexity index is 570. The van der Waals surface area contributed by atoms with Gasteiger partial charge in [0.1, 0.15) is 0 Å². The molecule has 1 N–H and O–H groups in total. The number of carbonyl (C=O) groups is 2. The second-order valence-corrected chi connectivity index (χ2v) is 7.28. The van der Waals surface area contributed by atoms with Crippen LogP contribution in [0.4, 0.5) is 0 Å². The zero-order valence-electron chi connectivity index (χ0n) is 14.6. The molecule has 0 unspecified atom stereocenters. The maximum Gasteiger partial charge on any atom is 0.225 e. The standard InChI is InChI=1S/C20H28N2O2/c1-15-5-7-16(8-6-15)9-10-19(23)21-18-11-13-22(14-12-18)20(24)17-3-2-4-17/h5-8,17-18H,2-4,9-14H2,1H3,(H,21,23). The van der Waals surface area contributed by atoms with Crippen molar-refractivity contribution < 1.29 is 9.59 Å². The zero-order valence-corrected chi connectivity index (χ0v) is 14.6. The summed E-state index contributed by atoms with van der Waals surface area (Å²) in [5.41, 5.74) is 2.45. The van der Waals surface area contributed by atoms with E-state index in [1.165, 1.54) is 17.5 Å². The molecule has 4 nitrogen and oxygen atoms in total. The van der Waals surface area contributed by atoms with Gasteiger partial charge in [-0.15, -0.1) is 0 Å². The third-order valence-corrected chi connectivity index (χ3v) is 5.39. The van der Waals surface area contributed by atoms with E-state index in [9.17, 15) is 9.59 Å². The lowest BCUT2D eigenvalue weighted by molar-refractivity contribution is -0.139. The summed E-state index contributed by atoms with van der Waals surface area (Å²) in [4.78, 5) is 26.4. The fourth-order valence-electron chi connectivity index (χ4n) is 3.47. The Morgan fingerprint density at radius 3 is 2.33 bits per heavy atom. The summed E-state index contributed by atoms with van der Waals surface area (Å²) in [6, 6.07) is 8.57. The SMILES string of the molecule is Cc1ccc(CCC(=O)NC2CCN(C(=O)C3CCC3)CC2)cc1. The third-order valence-electron chi connectivity index (χ3n) is 5.39. The fourth-order valence-corrected chi connectivity index (χ4v) is 3.47. The maximum atomic E-state index is 12.2. The molecule has 1 saturated heterocycles. The van der Waals surface area contributed by atoms with Crippen LogP contribution in [0, 0.1) is 12.8 Å². The fraction of sp³-hybridized carbons (Fsp3) is 0.600. The van der Waals surface area contributed by atoms with Crippen LogP contribution in [0.2, 0.25) is 0 Å². The quantitative estimate of drug-likeness (QED) is 0.903. The first-order valence-corrected chi connectivity index (χ1v) is 9.25. The van der Waals surface area contributed by atoms with Crippen molar-refractivity contribution in [3.05, 3.63) is 35.4 Å². The van der Waals surface area contributed by atoms with Crippen molar-refractivity contribution in [2.75, 3.05) is 13.1 Å². The third kappa shape index (κ3) is 4.37. The van der Waals surface area contributed by atoms with E-state index in [4.69, 9.17) is 0 Å². The molecule has 1 aromatic carbocycles. The predicted molar refractivity (Wildman–Crippen MR) is 94.6 cm³/mol. The number of hydrogen-bond donors (Lipinski definition) is 1. The molecule has 130 valence electrons. The Hall–Kier alpha value is -1.84. The highest BCUT2D eigenvalue weighted by Crippen LogP contribution is 2.29. The van der Waals surface area contributed by atoms with Gasteiger partial charge >= 0.3 is 0 Å². The minimum atomic E-state index is 0.124. The number of nitrogens with zero attached hydrogens (tertiary/aromatic N) is 1. The van der Waals surface area contributed by atoms with Crippen LogP contribution >= 0.6 is 0 Å². The molecule has 0 atom stereocenters. The molecule has 24 heavy (non-hydrogen) atoms. The largest absolute Gasteiger partial charge is 0.353 e. The highest BCUT2D eigenvalue weighted by atomic mass is 16.2. The Labute approximate surface area is 144 Å². The zero-order chi connectivity index (χ0) is 16.9. The molecular weight excluding hydrogens is 300 g/mol. The van der Waals surface area contributed by atoms with Gasteiger partial charge in [0, 0.05) is 31.5 Å². The van der Waals surface area contributed by atoms with E-state index in [0.717, 1.165) is 45.2 Å². The first-order chi connectivity index (χ1) is 11.6. The number of carbonyl (C=O) groups excluding carboxylic acids is 2. The molecule has 1 saturated carbocycles. The van der Waals surface area contributed by atoms with Crippen LogP contribution in [0.25, 0.3) is 0 Å². The Kier molecular flexibility index (Phi) is 5.54. The summed E-state index contributed by atoms with van der Waals surface area (Å²) in [5, 5.41) is 3.14. The van der Waals surface area contributed by atoms with Crippen molar-refractivity contribution in [2.24, 2.45) is 5.92 Å². The van der Waals surface area contributed by atoms with Crippen LogP contribution in [0.5, 0.6) is 0 Å². The van der Waals surface area contributed by atoms with Gasteiger partial charge in [-0.2, -0.15) is 0 Å². The summed E-state index contributed by atoms with van der Waals surface area (Å²) < 4.78 is 0. The summed E-state index contributed by atoms with van der Waals surface area (Å²) >= 11 is 0. The molecule has 4 heteroatoms. The van der Waals surface area contributed by atoms with Crippen LogP contribution in [0.3, 0.4) is 0 Å². The van der Waals surface area contributed by atoms with Crippen molar-refractivity contribution in [3.8, 4) is 0 Å². The first-order valence-electron chi connectivity index (χ1n) is 9.25. The molecule has 2 amide bonds. The van der Waals surface area contributed by atoms with E-state index in [-0.39, 0.29) is 17.9 Å². The van der Waals surface area contributed by atoms with E-state index < -0.39 is 0 Å². The molecule has 0 aromatic heterocycles. The average Bonchev–Trinajstić information content (AvgIpc) is 2.53. The lowest BCUT2D eigenvalue weighted by Crippen LogP contribution is -2.48. The van der Waals surface area contributed by atoms with Gasteiger partial charge in [0.05, 0.1) is 0 Å². The lowest BCUT2D eigenvalue weighted by atomic mass is 9.84. The van der Waals surface area contributed by atoms with Gasteiger partial charge in [0.2, 0.25) is 11.8 Å². The molecule has 2 fully saturated rings. The number of amides is 2. The Morgan fingerprint density at radius 1 is 1.08 bits per heavy atom. The molecule has 1 aliphatic heterocycles. The molecule has 0 radical (unpaired) electrons. The van der Waals surface area contributed by atoms with Gasteiger partial charge in [-0.05, 0) is 44.6 Å². The van der Waals surface area contributed by atoms with Gasteiger partial charge in [0.15, 0.2) is 0 Å². The van der Waals surface area contributed by atoms with Gasteiger partial charge < -0.3 is 10.2 Å². The van der Waals surface area contributed by atoms with Crippen molar-refractivity contribution in [2.45, 2.75) is 57.9 Å². The lowest BCUT2D eigenvalue weighted by Gasteiger charge is -2.36. The normalized spacial score (nSPS) is 19.0. The summed E-state index contributed by atoms with van der Waals surface area (Å²) in [7, 11) is 0. The molecule has 1 heterocycles. The number of nitrogens with one attached hydrogen (secondary N) is 1. The summed E-state index contributed by atoms with van der Waals surface area (Å²) in [6.45, 7) is 3.65. The van der Waals surface area contributed by atoms with E-state index in [0.29, 0.717) is 12.3 Å². The van der Waals surface area contributed by atoms with Crippen LogP contribution in [0.1, 0.15) is 49.7 Å². The predicted octanol–water partition coefficient (Wildman–Crippen LogP) is 2.83. The molecular formula is C20H28N2O2. The minimum Gasteiger partial charge on any atom is -0.353 e. The van der Waals surface area contributed by atoms with E-state index in [1.54, 1.807) is 0 Å².